The van der Waals surface area contributed by atoms with Crippen molar-refractivity contribution in [1.29, 1.82) is 0 Å². The second-order valence-corrected chi connectivity index (χ2v) is 7.91. The van der Waals surface area contributed by atoms with Crippen molar-refractivity contribution in [3.63, 3.8) is 0 Å². The highest BCUT2D eigenvalue weighted by Gasteiger charge is 2.31. The fourth-order valence-corrected chi connectivity index (χ4v) is 5.04. The van der Waals surface area contributed by atoms with Crippen molar-refractivity contribution in [1.82, 2.24) is 5.32 Å². The molecule has 0 spiro atoms. The van der Waals surface area contributed by atoms with E-state index in [1.165, 1.54) is 36.1 Å². The topological polar surface area (TPSA) is 29.1 Å². The van der Waals surface area contributed by atoms with E-state index < -0.39 is 0 Å². The Bertz CT molecular complexity index is 493. The van der Waals surface area contributed by atoms with Crippen molar-refractivity contribution in [3.05, 3.63) is 29.8 Å². The van der Waals surface area contributed by atoms with Gasteiger partial charge in [-0.15, -0.1) is 11.8 Å². The Morgan fingerprint density at radius 1 is 1.20 bits per heavy atom. The van der Waals surface area contributed by atoms with Gasteiger partial charge in [-0.2, -0.15) is 0 Å². The molecule has 1 aliphatic carbocycles. The molecule has 1 N–H and O–H groups in total. The molecule has 0 aromatic heterocycles. The zero-order valence-electron chi connectivity index (χ0n) is 11.5. The third-order valence-corrected chi connectivity index (χ3v) is 6.55. The lowest BCUT2D eigenvalue weighted by Gasteiger charge is -2.23. The summed E-state index contributed by atoms with van der Waals surface area (Å²) in [7, 11) is 0. The smallest absolute Gasteiger partial charge is 0.228 e. The van der Waals surface area contributed by atoms with Crippen LogP contribution in [0.15, 0.2) is 29.2 Å². The summed E-state index contributed by atoms with van der Waals surface area (Å²) in [5.41, 5.74) is 1.20. The van der Waals surface area contributed by atoms with Crippen LogP contribution in [0, 0.1) is 0 Å². The number of carbonyl (C=O) groups is 1. The summed E-state index contributed by atoms with van der Waals surface area (Å²) in [6.45, 7) is 0. The van der Waals surface area contributed by atoms with Gasteiger partial charge in [0.2, 0.25) is 5.91 Å². The summed E-state index contributed by atoms with van der Waals surface area (Å²) in [6.07, 6.45) is 6.05. The van der Waals surface area contributed by atoms with E-state index in [4.69, 9.17) is 0 Å². The van der Waals surface area contributed by atoms with Crippen LogP contribution in [0.4, 0.5) is 0 Å². The number of alkyl halides is 1. The van der Waals surface area contributed by atoms with E-state index in [1.807, 2.05) is 12.1 Å². The minimum Gasteiger partial charge on any atom is -0.352 e. The lowest BCUT2D eigenvalue weighted by atomic mass is 9.99. The van der Waals surface area contributed by atoms with Crippen LogP contribution in [0.25, 0.3) is 0 Å². The first kappa shape index (κ1) is 14.5. The number of fused-ring (bicyclic) bond motifs is 1. The first-order chi connectivity index (χ1) is 9.75. The molecule has 108 valence electrons. The Kier molecular flexibility index (Phi) is 4.72. The summed E-state index contributed by atoms with van der Waals surface area (Å²) < 4.78 is 0. The highest BCUT2D eigenvalue weighted by molar-refractivity contribution is 9.09. The number of carbonyl (C=O) groups excluding carboxylic acids is 1. The van der Waals surface area contributed by atoms with Crippen LogP contribution in [0.3, 0.4) is 0 Å². The summed E-state index contributed by atoms with van der Waals surface area (Å²) in [5.74, 6) is 1.11. The molecule has 3 unspecified atom stereocenters. The van der Waals surface area contributed by atoms with Gasteiger partial charge in [0.25, 0.3) is 0 Å². The molecule has 1 aromatic rings. The molecule has 1 saturated carbocycles. The van der Waals surface area contributed by atoms with Gasteiger partial charge in [0.15, 0.2) is 0 Å². The summed E-state index contributed by atoms with van der Waals surface area (Å²) in [5, 5.41) is 3.29. The predicted molar refractivity (Wildman–Crippen MR) is 87.6 cm³/mol. The molecule has 0 bridgehead atoms. The quantitative estimate of drug-likeness (QED) is 0.640. The maximum absolute atomic E-state index is 12.6. The van der Waals surface area contributed by atoms with Gasteiger partial charge in [0, 0.05) is 21.5 Å². The molecule has 1 aliphatic heterocycles. The summed E-state index contributed by atoms with van der Waals surface area (Å²) >= 11 is 5.55. The zero-order chi connectivity index (χ0) is 13.9. The molecule has 2 aliphatic rings. The van der Waals surface area contributed by atoms with Crippen molar-refractivity contribution in [2.24, 2.45) is 0 Å². The SMILES string of the molecule is O=C(NC1CCCCCC1Br)C1CSc2ccccc21. The number of rotatable bonds is 2. The molecule has 20 heavy (non-hydrogen) atoms. The van der Waals surface area contributed by atoms with E-state index in [1.54, 1.807) is 11.8 Å². The lowest BCUT2D eigenvalue weighted by Crippen LogP contribution is -2.42. The predicted octanol–water partition coefficient (Wildman–Crippen LogP) is 4.09. The van der Waals surface area contributed by atoms with Gasteiger partial charge < -0.3 is 5.32 Å². The van der Waals surface area contributed by atoms with Gasteiger partial charge in [0.1, 0.15) is 0 Å². The van der Waals surface area contributed by atoms with Crippen molar-refractivity contribution < 1.29 is 4.79 Å². The van der Waals surface area contributed by atoms with E-state index in [-0.39, 0.29) is 11.8 Å². The molecular formula is C16H20BrNOS. The molecule has 1 fully saturated rings. The molecule has 1 heterocycles. The van der Waals surface area contributed by atoms with Crippen LogP contribution in [0.1, 0.15) is 43.6 Å². The van der Waals surface area contributed by atoms with E-state index in [9.17, 15) is 4.79 Å². The van der Waals surface area contributed by atoms with Crippen LogP contribution in [0.5, 0.6) is 0 Å². The van der Waals surface area contributed by atoms with Crippen molar-refractivity contribution >= 4 is 33.6 Å². The minimum absolute atomic E-state index is 0.0270. The van der Waals surface area contributed by atoms with Gasteiger partial charge in [-0.25, -0.2) is 0 Å². The zero-order valence-corrected chi connectivity index (χ0v) is 13.9. The first-order valence-electron chi connectivity index (χ1n) is 7.42. The van der Waals surface area contributed by atoms with Crippen LogP contribution >= 0.6 is 27.7 Å². The maximum Gasteiger partial charge on any atom is 0.228 e. The highest BCUT2D eigenvalue weighted by atomic mass is 79.9. The average molecular weight is 354 g/mol. The first-order valence-corrected chi connectivity index (χ1v) is 9.32. The molecule has 3 atom stereocenters. The Balaban J connectivity index is 1.68. The van der Waals surface area contributed by atoms with E-state index in [2.05, 4.69) is 33.4 Å². The molecular weight excluding hydrogens is 334 g/mol. The summed E-state index contributed by atoms with van der Waals surface area (Å²) in [6, 6.07) is 8.59. The molecule has 0 saturated heterocycles. The number of thioether (sulfide) groups is 1. The minimum atomic E-state index is 0.0270. The van der Waals surface area contributed by atoms with Gasteiger partial charge in [0.05, 0.1) is 5.92 Å². The van der Waals surface area contributed by atoms with E-state index in [0.717, 1.165) is 12.2 Å². The molecule has 0 radical (unpaired) electrons. The number of hydrogen-bond donors (Lipinski definition) is 1. The number of amides is 1. The fraction of sp³-hybridized carbons (Fsp3) is 0.562. The Labute approximate surface area is 133 Å². The molecule has 1 aromatic carbocycles. The van der Waals surface area contributed by atoms with Crippen LogP contribution in [-0.2, 0) is 4.79 Å². The third-order valence-electron chi connectivity index (χ3n) is 4.28. The largest absolute Gasteiger partial charge is 0.352 e. The number of nitrogens with one attached hydrogen (secondary N) is 1. The lowest BCUT2D eigenvalue weighted by molar-refractivity contribution is -0.122. The van der Waals surface area contributed by atoms with Crippen molar-refractivity contribution in [2.75, 3.05) is 5.75 Å². The standard InChI is InChI=1S/C16H20BrNOS/c17-13-7-2-1-3-8-14(13)18-16(19)12-10-20-15-9-5-4-6-11(12)15/h4-6,9,12-14H,1-3,7-8,10H2,(H,18,19). The van der Waals surface area contributed by atoms with Crippen LogP contribution in [0.2, 0.25) is 0 Å². The second-order valence-electron chi connectivity index (χ2n) is 5.67. The number of hydrogen-bond acceptors (Lipinski definition) is 2. The summed E-state index contributed by atoms with van der Waals surface area (Å²) in [4.78, 5) is 14.3. The van der Waals surface area contributed by atoms with Gasteiger partial charge in [-0.05, 0) is 24.5 Å². The monoisotopic (exact) mass is 353 g/mol. The maximum atomic E-state index is 12.6. The second kappa shape index (κ2) is 6.52. The molecule has 3 rings (SSSR count). The van der Waals surface area contributed by atoms with Crippen molar-refractivity contribution in [2.45, 2.75) is 53.8 Å². The third kappa shape index (κ3) is 3.06. The molecule has 1 amide bonds. The highest BCUT2D eigenvalue weighted by Crippen LogP contribution is 2.39. The Morgan fingerprint density at radius 2 is 2.00 bits per heavy atom. The van der Waals surface area contributed by atoms with Crippen LogP contribution < -0.4 is 5.32 Å². The van der Waals surface area contributed by atoms with Gasteiger partial charge >= 0.3 is 0 Å². The Morgan fingerprint density at radius 3 is 2.90 bits per heavy atom. The van der Waals surface area contributed by atoms with Gasteiger partial charge in [-0.3, -0.25) is 4.79 Å². The van der Waals surface area contributed by atoms with E-state index in [0.29, 0.717) is 10.9 Å². The molecule has 2 nitrogen and oxygen atoms in total. The van der Waals surface area contributed by atoms with Crippen LogP contribution in [-0.4, -0.2) is 22.5 Å². The average Bonchev–Trinajstić information content (AvgIpc) is 2.79. The van der Waals surface area contributed by atoms with E-state index >= 15 is 0 Å². The van der Waals surface area contributed by atoms with Gasteiger partial charge in [-0.1, -0.05) is 53.4 Å². The Hall–Kier alpha value is -0.480. The normalized spacial score (nSPS) is 29.6. The fourth-order valence-electron chi connectivity index (χ4n) is 3.09. The molecule has 4 heteroatoms. The number of halogens is 1. The number of benzene rings is 1. The van der Waals surface area contributed by atoms with Crippen molar-refractivity contribution in [3.8, 4) is 0 Å².